The molecule has 2 atom stereocenters. The van der Waals surface area contributed by atoms with Gasteiger partial charge in [-0.05, 0) is 57.7 Å². The predicted molar refractivity (Wildman–Crippen MR) is 66.4 cm³/mol. The molecule has 0 aromatic carbocycles. The Morgan fingerprint density at radius 3 is 2.62 bits per heavy atom. The molecule has 2 N–H and O–H groups in total. The molecule has 0 radical (unpaired) electrons. The number of nitrogens with two attached hydrogens (primary N) is 1. The van der Waals surface area contributed by atoms with Crippen LogP contribution >= 0.6 is 0 Å². The van der Waals surface area contributed by atoms with Crippen LogP contribution in [0.3, 0.4) is 0 Å². The van der Waals surface area contributed by atoms with Gasteiger partial charge in [-0.3, -0.25) is 0 Å². The van der Waals surface area contributed by atoms with Gasteiger partial charge in [-0.15, -0.1) is 0 Å². The van der Waals surface area contributed by atoms with Crippen LogP contribution in [0, 0.1) is 5.92 Å². The van der Waals surface area contributed by atoms with Gasteiger partial charge in [-0.2, -0.15) is 0 Å². The molecule has 0 spiro atoms. The van der Waals surface area contributed by atoms with E-state index in [1.54, 1.807) is 0 Å². The smallest absolute Gasteiger partial charge is 0.0587 e. The molecule has 0 aromatic rings. The summed E-state index contributed by atoms with van der Waals surface area (Å²) in [6, 6.07) is 0.775. The van der Waals surface area contributed by atoms with Crippen molar-refractivity contribution in [3.8, 4) is 0 Å². The second kappa shape index (κ2) is 5.99. The molecule has 0 bridgehead atoms. The van der Waals surface area contributed by atoms with Crippen molar-refractivity contribution in [3.05, 3.63) is 0 Å². The number of nitrogens with zero attached hydrogens (tertiary/aromatic N) is 1. The lowest BCUT2D eigenvalue weighted by Crippen LogP contribution is -2.46. The number of rotatable bonds is 3. The van der Waals surface area contributed by atoms with Gasteiger partial charge in [-0.25, -0.2) is 0 Å². The summed E-state index contributed by atoms with van der Waals surface area (Å²) in [7, 11) is 0. The van der Waals surface area contributed by atoms with E-state index in [2.05, 4.69) is 11.8 Å². The number of likely N-dealkylation sites (tertiary alicyclic amines) is 1. The Hall–Kier alpha value is -0.120. The summed E-state index contributed by atoms with van der Waals surface area (Å²) in [5.41, 5.74) is 5.73. The van der Waals surface area contributed by atoms with Crippen LogP contribution in [0.4, 0.5) is 0 Å². The van der Waals surface area contributed by atoms with Gasteiger partial charge in [0.2, 0.25) is 0 Å². The second-order valence-electron chi connectivity index (χ2n) is 5.29. The highest BCUT2D eigenvalue weighted by molar-refractivity contribution is 4.83. The molecule has 0 aromatic heterocycles. The minimum atomic E-state index is 0.506. The number of ether oxygens (including phenoxy) is 1. The fourth-order valence-corrected chi connectivity index (χ4v) is 3.03. The minimum absolute atomic E-state index is 0.506. The summed E-state index contributed by atoms with van der Waals surface area (Å²) >= 11 is 0. The van der Waals surface area contributed by atoms with Crippen LogP contribution in [0.1, 0.15) is 39.0 Å². The van der Waals surface area contributed by atoms with Crippen molar-refractivity contribution in [2.24, 2.45) is 11.7 Å². The molecule has 0 aliphatic carbocycles. The molecule has 3 nitrogen and oxygen atoms in total. The first-order chi connectivity index (χ1) is 7.83. The van der Waals surface area contributed by atoms with Crippen LogP contribution in [0.25, 0.3) is 0 Å². The molecular weight excluding hydrogens is 200 g/mol. The largest absolute Gasteiger partial charge is 0.378 e. The van der Waals surface area contributed by atoms with Crippen LogP contribution in [0.2, 0.25) is 0 Å². The molecule has 2 rings (SSSR count). The van der Waals surface area contributed by atoms with Crippen molar-refractivity contribution >= 4 is 0 Å². The lowest BCUT2D eigenvalue weighted by atomic mass is 9.93. The van der Waals surface area contributed by atoms with Crippen molar-refractivity contribution < 1.29 is 4.74 Å². The Bertz CT molecular complexity index is 202. The Morgan fingerprint density at radius 2 is 2.00 bits per heavy atom. The number of hydrogen-bond donors (Lipinski definition) is 1. The topological polar surface area (TPSA) is 38.5 Å². The maximum atomic E-state index is 5.74. The van der Waals surface area contributed by atoms with E-state index in [1.807, 2.05) is 0 Å². The Labute approximate surface area is 99.3 Å². The van der Waals surface area contributed by atoms with E-state index in [0.717, 1.165) is 31.5 Å². The van der Waals surface area contributed by atoms with E-state index in [4.69, 9.17) is 10.5 Å². The molecule has 3 heteroatoms. The van der Waals surface area contributed by atoms with E-state index in [9.17, 15) is 0 Å². The molecule has 0 amide bonds. The summed E-state index contributed by atoms with van der Waals surface area (Å²) in [6.07, 6.45) is 6.73. The summed E-state index contributed by atoms with van der Waals surface area (Å²) in [6.45, 7) is 6.57. The molecule has 2 unspecified atom stereocenters. The van der Waals surface area contributed by atoms with Gasteiger partial charge in [-0.1, -0.05) is 6.92 Å². The molecule has 0 saturated carbocycles. The first-order valence-electron chi connectivity index (χ1n) is 6.89. The van der Waals surface area contributed by atoms with Crippen LogP contribution in [-0.4, -0.2) is 43.3 Å². The Kier molecular flexibility index (Phi) is 4.62. The van der Waals surface area contributed by atoms with Gasteiger partial charge in [0.15, 0.2) is 0 Å². The summed E-state index contributed by atoms with van der Waals surface area (Å²) in [5, 5.41) is 0. The zero-order chi connectivity index (χ0) is 11.4. The predicted octanol–water partition coefficient (Wildman–Crippen LogP) is 1.61. The van der Waals surface area contributed by atoms with Gasteiger partial charge < -0.3 is 15.4 Å². The van der Waals surface area contributed by atoms with Crippen LogP contribution < -0.4 is 5.73 Å². The van der Waals surface area contributed by atoms with Crippen molar-refractivity contribution in [3.63, 3.8) is 0 Å². The average Bonchev–Trinajstić information content (AvgIpc) is 2.39. The van der Waals surface area contributed by atoms with E-state index < -0.39 is 0 Å². The van der Waals surface area contributed by atoms with Gasteiger partial charge in [0, 0.05) is 12.6 Å². The number of hydrogen-bond acceptors (Lipinski definition) is 3. The third-order valence-corrected chi connectivity index (χ3v) is 4.29. The molecule has 94 valence electrons. The van der Waals surface area contributed by atoms with Crippen molar-refractivity contribution in [1.29, 1.82) is 0 Å². The van der Waals surface area contributed by atoms with Crippen LogP contribution in [0.15, 0.2) is 0 Å². The Morgan fingerprint density at radius 1 is 1.25 bits per heavy atom. The Balaban J connectivity index is 1.79. The van der Waals surface area contributed by atoms with Crippen LogP contribution in [0.5, 0.6) is 0 Å². The average molecular weight is 226 g/mol. The highest BCUT2D eigenvalue weighted by Crippen LogP contribution is 2.25. The van der Waals surface area contributed by atoms with E-state index >= 15 is 0 Å². The summed E-state index contributed by atoms with van der Waals surface area (Å²) in [4.78, 5) is 2.68. The molecule has 2 fully saturated rings. The molecule has 2 aliphatic rings. The van der Waals surface area contributed by atoms with Crippen LogP contribution in [-0.2, 0) is 4.74 Å². The van der Waals surface area contributed by atoms with Gasteiger partial charge in [0.05, 0.1) is 6.10 Å². The highest BCUT2D eigenvalue weighted by Gasteiger charge is 2.28. The zero-order valence-electron chi connectivity index (χ0n) is 10.5. The third-order valence-electron chi connectivity index (χ3n) is 4.29. The standard InChI is InChI=1S/C13H26N2O/c1-2-13-9-12(5-8-16-13)15-6-3-11(10-14)4-7-15/h11-13H,2-10,14H2,1H3. The van der Waals surface area contributed by atoms with E-state index in [-0.39, 0.29) is 0 Å². The zero-order valence-corrected chi connectivity index (χ0v) is 10.5. The van der Waals surface area contributed by atoms with Gasteiger partial charge >= 0.3 is 0 Å². The van der Waals surface area contributed by atoms with Gasteiger partial charge in [0.25, 0.3) is 0 Å². The van der Waals surface area contributed by atoms with Gasteiger partial charge in [0.1, 0.15) is 0 Å². The second-order valence-corrected chi connectivity index (χ2v) is 5.29. The fourth-order valence-electron chi connectivity index (χ4n) is 3.03. The lowest BCUT2D eigenvalue weighted by Gasteiger charge is -2.41. The third kappa shape index (κ3) is 2.96. The SMILES string of the molecule is CCC1CC(N2CCC(CN)CC2)CCO1. The van der Waals surface area contributed by atoms with Crippen molar-refractivity contribution in [2.45, 2.75) is 51.2 Å². The van der Waals surface area contributed by atoms with E-state index in [0.29, 0.717) is 6.10 Å². The first-order valence-corrected chi connectivity index (χ1v) is 6.89. The summed E-state index contributed by atoms with van der Waals surface area (Å²) in [5.74, 6) is 0.776. The highest BCUT2D eigenvalue weighted by atomic mass is 16.5. The molecule has 2 aliphatic heterocycles. The molecule has 2 heterocycles. The number of piperidine rings is 1. The van der Waals surface area contributed by atoms with E-state index in [1.165, 1.54) is 38.8 Å². The molecule has 2 saturated heterocycles. The minimum Gasteiger partial charge on any atom is -0.378 e. The molecule has 16 heavy (non-hydrogen) atoms. The normalized spacial score (nSPS) is 34.1. The maximum absolute atomic E-state index is 5.74. The quantitative estimate of drug-likeness (QED) is 0.794. The maximum Gasteiger partial charge on any atom is 0.0587 e. The lowest BCUT2D eigenvalue weighted by molar-refractivity contribution is -0.0344. The molecular formula is C13H26N2O. The van der Waals surface area contributed by atoms with Crippen molar-refractivity contribution in [2.75, 3.05) is 26.2 Å². The summed E-state index contributed by atoms with van der Waals surface area (Å²) < 4.78 is 5.74. The monoisotopic (exact) mass is 226 g/mol. The first kappa shape index (κ1) is 12.3. The fraction of sp³-hybridized carbons (Fsp3) is 1.00. The van der Waals surface area contributed by atoms with Crippen molar-refractivity contribution in [1.82, 2.24) is 4.90 Å².